The van der Waals surface area contributed by atoms with Crippen molar-refractivity contribution in [1.82, 2.24) is 5.32 Å². The average Bonchev–Trinajstić information content (AvgIpc) is 3.37. The van der Waals surface area contributed by atoms with Crippen molar-refractivity contribution in [3.63, 3.8) is 0 Å². The normalized spacial score (nSPS) is 24.4. The van der Waals surface area contributed by atoms with Gasteiger partial charge in [-0.05, 0) is 37.3 Å². The third-order valence-corrected chi connectivity index (χ3v) is 4.20. The van der Waals surface area contributed by atoms with Crippen LogP contribution in [-0.4, -0.2) is 45.0 Å². The van der Waals surface area contributed by atoms with Gasteiger partial charge in [-0.15, -0.1) is 11.6 Å². The summed E-state index contributed by atoms with van der Waals surface area (Å²) >= 11 is 5.98. The molecule has 5 heteroatoms. The van der Waals surface area contributed by atoms with E-state index in [1.54, 1.807) is 7.11 Å². The molecule has 0 aromatic carbocycles. The lowest BCUT2D eigenvalue weighted by Gasteiger charge is -2.30. The summed E-state index contributed by atoms with van der Waals surface area (Å²) in [6, 6.07) is 0.590. The largest absolute Gasteiger partial charge is 0.486 e. The van der Waals surface area contributed by atoms with Gasteiger partial charge in [-0.2, -0.15) is 0 Å². The Morgan fingerprint density at radius 1 is 1.33 bits per heavy atom. The minimum absolute atomic E-state index is 0.0680. The first-order valence-electron chi connectivity index (χ1n) is 8.84. The molecule has 1 N–H and O–H groups in total. The van der Waals surface area contributed by atoms with Crippen LogP contribution in [-0.2, 0) is 14.2 Å². The molecule has 1 fully saturated rings. The maximum absolute atomic E-state index is 6.19. The Kier molecular flexibility index (Phi) is 8.16. The Balaban J connectivity index is 2.05. The summed E-state index contributed by atoms with van der Waals surface area (Å²) in [7, 11) is 1.70. The van der Waals surface area contributed by atoms with Crippen molar-refractivity contribution in [2.24, 2.45) is 5.92 Å². The lowest BCUT2D eigenvalue weighted by molar-refractivity contribution is 0.102. The Hall–Kier alpha value is -0.970. The maximum atomic E-state index is 6.19. The number of methoxy groups -OCH3 is 1. The van der Waals surface area contributed by atoms with Gasteiger partial charge >= 0.3 is 0 Å². The fourth-order valence-electron chi connectivity index (χ4n) is 2.50. The van der Waals surface area contributed by atoms with Crippen LogP contribution in [0.1, 0.15) is 33.1 Å². The molecule has 1 saturated carbocycles. The second-order valence-corrected chi connectivity index (χ2v) is 6.90. The third-order valence-electron chi connectivity index (χ3n) is 4.05. The smallest absolute Gasteiger partial charge is 0.127 e. The maximum Gasteiger partial charge on any atom is 0.127 e. The summed E-state index contributed by atoms with van der Waals surface area (Å²) in [4.78, 5) is 0. The summed E-state index contributed by atoms with van der Waals surface area (Å²) in [5, 5.41) is 3.62. The molecule has 1 aliphatic carbocycles. The number of rotatable bonds is 10. The van der Waals surface area contributed by atoms with E-state index in [0.29, 0.717) is 31.1 Å². The molecule has 136 valence electrons. The van der Waals surface area contributed by atoms with Gasteiger partial charge in [0.1, 0.15) is 11.9 Å². The van der Waals surface area contributed by atoms with E-state index >= 15 is 0 Å². The molecule has 0 aromatic heterocycles. The van der Waals surface area contributed by atoms with Crippen molar-refractivity contribution < 1.29 is 14.2 Å². The van der Waals surface area contributed by atoms with E-state index in [-0.39, 0.29) is 6.10 Å². The summed E-state index contributed by atoms with van der Waals surface area (Å²) < 4.78 is 16.9. The van der Waals surface area contributed by atoms with Gasteiger partial charge in [0.15, 0.2) is 0 Å². The van der Waals surface area contributed by atoms with Crippen molar-refractivity contribution >= 4 is 11.6 Å². The number of hydrogen-bond donors (Lipinski definition) is 1. The molecule has 1 unspecified atom stereocenters. The fraction of sp³-hybridized carbons (Fsp3) is 0.684. The van der Waals surface area contributed by atoms with E-state index in [2.05, 4.69) is 25.2 Å². The number of halogens is 1. The van der Waals surface area contributed by atoms with Crippen LogP contribution in [0.25, 0.3) is 0 Å². The first-order valence-corrected chi connectivity index (χ1v) is 9.37. The van der Waals surface area contributed by atoms with Gasteiger partial charge in [-0.3, -0.25) is 0 Å². The molecule has 1 aliphatic heterocycles. The molecule has 1 heterocycles. The Bertz CT molecular complexity index is 481. The Morgan fingerprint density at radius 3 is 2.75 bits per heavy atom. The van der Waals surface area contributed by atoms with Gasteiger partial charge < -0.3 is 19.5 Å². The SMILES string of the molecule is COCCCOC/C=C1/OC(C(C)C)C=C(NC2CC2)/C1=C/CCl. The van der Waals surface area contributed by atoms with E-state index in [1.807, 2.05) is 12.2 Å². The Morgan fingerprint density at radius 2 is 2.12 bits per heavy atom. The van der Waals surface area contributed by atoms with E-state index in [9.17, 15) is 0 Å². The summed E-state index contributed by atoms with van der Waals surface area (Å²) in [6.07, 6.45) is 9.66. The summed E-state index contributed by atoms with van der Waals surface area (Å²) in [6.45, 7) is 6.27. The van der Waals surface area contributed by atoms with Crippen LogP contribution in [0.15, 0.2) is 35.3 Å². The lowest BCUT2D eigenvalue weighted by atomic mass is 9.98. The predicted molar refractivity (Wildman–Crippen MR) is 98.1 cm³/mol. The minimum atomic E-state index is 0.0680. The molecule has 2 rings (SSSR count). The van der Waals surface area contributed by atoms with Gasteiger partial charge in [-0.25, -0.2) is 0 Å². The topological polar surface area (TPSA) is 39.7 Å². The van der Waals surface area contributed by atoms with E-state index < -0.39 is 0 Å². The van der Waals surface area contributed by atoms with Crippen LogP contribution >= 0.6 is 11.6 Å². The van der Waals surface area contributed by atoms with Gasteiger partial charge in [0, 0.05) is 43.5 Å². The van der Waals surface area contributed by atoms with Crippen LogP contribution < -0.4 is 5.32 Å². The van der Waals surface area contributed by atoms with Crippen LogP contribution in [0.3, 0.4) is 0 Å². The van der Waals surface area contributed by atoms with Crippen molar-refractivity contribution in [2.75, 3.05) is 32.8 Å². The quantitative estimate of drug-likeness (QED) is 0.478. The summed E-state index contributed by atoms with van der Waals surface area (Å²) in [5.74, 6) is 1.73. The number of ether oxygens (including phenoxy) is 3. The van der Waals surface area contributed by atoms with E-state index in [1.165, 1.54) is 12.8 Å². The highest BCUT2D eigenvalue weighted by molar-refractivity contribution is 6.19. The molecule has 2 aliphatic rings. The molecule has 4 nitrogen and oxygen atoms in total. The van der Waals surface area contributed by atoms with Gasteiger partial charge in [0.25, 0.3) is 0 Å². The molecule has 0 amide bonds. The third kappa shape index (κ3) is 6.15. The molecule has 0 bridgehead atoms. The molecule has 24 heavy (non-hydrogen) atoms. The molecular formula is C19H30ClNO3. The van der Waals surface area contributed by atoms with Gasteiger partial charge in [0.05, 0.1) is 6.61 Å². The lowest BCUT2D eigenvalue weighted by Crippen LogP contribution is -2.29. The molecule has 1 atom stereocenters. The zero-order valence-corrected chi connectivity index (χ0v) is 15.8. The number of allylic oxidation sites excluding steroid dienone is 1. The summed E-state index contributed by atoms with van der Waals surface area (Å²) in [5.41, 5.74) is 2.20. The zero-order chi connectivity index (χ0) is 17.4. The monoisotopic (exact) mass is 355 g/mol. The van der Waals surface area contributed by atoms with E-state index in [0.717, 1.165) is 30.1 Å². The van der Waals surface area contributed by atoms with Crippen LogP contribution in [0, 0.1) is 5.92 Å². The predicted octanol–water partition coefficient (Wildman–Crippen LogP) is 3.78. The zero-order valence-electron chi connectivity index (χ0n) is 15.0. The standard InChI is InChI=1S/C19H30ClNO3/c1-14(2)19-13-17(21-15-5-6-15)16(7-9-20)18(24-19)8-12-23-11-4-10-22-3/h7-8,13-15,19,21H,4-6,9-12H2,1-3H3/b16-7-,18-8+. The second-order valence-electron chi connectivity index (χ2n) is 6.59. The van der Waals surface area contributed by atoms with Crippen molar-refractivity contribution in [2.45, 2.75) is 45.3 Å². The molecular weight excluding hydrogens is 326 g/mol. The second kappa shape index (κ2) is 10.1. The van der Waals surface area contributed by atoms with Crippen molar-refractivity contribution in [3.05, 3.63) is 35.3 Å². The van der Waals surface area contributed by atoms with Crippen LogP contribution in [0.2, 0.25) is 0 Å². The first-order chi connectivity index (χ1) is 11.7. The van der Waals surface area contributed by atoms with Crippen molar-refractivity contribution in [3.8, 4) is 0 Å². The minimum Gasteiger partial charge on any atom is -0.486 e. The van der Waals surface area contributed by atoms with Gasteiger partial charge in [-0.1, -0.05) is 19.9 Å². The highest BCUT2D eigenvalue weighted by atomic mass is 35.5. The number of hydrogen-bond acceptors (Lipinski definition) is 4. The number of alkyl halides is 1. The molecule has 0 saturated heterocycles. The van der Waals surface area contributed by atoms with Crippen LogP contribution in [0.4, 0.5) is 0 Å². The first kappa shape index (κ1) is 19.4. The van der Waals surface area contributed by atoms with Gasteiger partial charge in [0.2, 0.25) is 0 Å². The average molecular weight is 356 g/mol. The number of nitrogens with one attached hydrogen (secondary N) is 1. The van der Waals surface area contributed by atoms with Crippen LogP contribution in [0.5, 0.6) is 0 Å². The molecule has 0 radical (unpaired) electrons. The highest BCUT2D eigenvalue weighted by Gasteiger charge is 2.29. The van der Waals surface area contributed by atoms with E-state index in [4.69, 9.17) is 25.8 Å². The van der Waals surface area contributed by atoms with Crippen molar-refractivity contribution in [1.29, 1.82) is 0 Å². The molecule has 0 spiro atoms. The molecule has 0 aromatic rings. The highest BCUT2D eigenvalue weighted by Crippen LogP contribution is 2.32. The fourth-order valence-corrected chi connectivity index (χ4v) is 2.66. The Labute approximate surface area is 150 Å².